The summed E-state index contributed by atoms with van der Waals surface area (Å²) < 4.78 is 10.7. The molecule has 1 aliphatic rings. The van der Waals surface area contributed by atoms with E-state index < -0.39 is 0 Å². The zero-order valence-corrected chi connectivity index (χ0v) is 14.4. The van der Waals surface area contributed by atoms with E-state index in [1.165, 1.54) is 19.4 Å². The number of nitrogens with zero attached hydrogens (tertiary/aromatic N) is 2. The minimum atomic E-state index is 0.807. The van der Waals surface area contributed by atoms with Crippen molar-refractivity contribution in [3.63, 3.8) is 0 Å². The molecule has 0 aromatic carbocycles. The van der Waals surface area contributed by atoms with Gasteiger partial charge in [0, 0.05) is 46.4 Å². The summed E-state index contributed by atoms with van der Waals surface area (Å²) in [5.74, 6) is 0.905. The molecular weight excluding hydrogens is 280 g/mol. The minimum absolute atomic E-state index is 0.807. The molecule has 0 atom stereocenters. The third-order valence-corrected chi connectivity index (χ3v) is 3.73. The lowest BCUT2D eigenvalue weighted by atomic mass is 10.2. The van der Waals surface area contributed by atoms with Crippen molar-refractivity contribution in [1.82, 2.24) is 15.5 Å². The van der Waals surface area contributed by atoms with Crippen LogP contribution in [0, 0.1) is 0 Å². The maximum atomic E-state index is 5.36. The van der Waals surface area contributed by atoms with Crippen LogP contribution >= 0.6 is 0 Å². The number of unbranched alkanes of at least 4 members (excludes halogenated alkanes) is 2. The Balaban J connectivity index is 1.92. The Labute approximate surface area is 135 Å². The molecule has 0 spiro atoms. The van der Waals surface area contributed by atoms with E-state index in [4.69, 9.17) is 9.47 Å². The summed E-state index contributed by atoms with van der Waals surface area (Å²) in [6.45, 7) is 10.7. The van der Waals surface area contributed by atoms with Gasteiger partial charge in [-0.1, -0.05) is 0 Å². The Bertz CT molecular complexity index is 281. The summed E-state index contributed by atoms with van der Waals surface area (Å²) >= 11 is 0. The summed E-state index contributed by atoms with van der Waals surface area (Å²) in [5.41, 5.74) is 0. The maximum absolute atomic E-state index is 5.36. The first-order chi connectivity index (χ1) is 10.9. The topological polar surface area (TPSA) is 58.1 Å². The van der Waals surface area contributed by atoms with Crippen molar-refractivity contribution in [1.29, 1.82) is 0 Å². The van der Waals surface area contributed by atoms with E-state index >= 15 is 0 Å². The van der Waals surface area contributed by atoms with Gasteiger partial charge < -0.3 is 20.1 Å². The molecule has 1 fully saturated rings. The number of morpholine rings is 1. The van der Waals surface area contributed by atoms with E-state index in [1.807, 2.05) is 14.0 Å². The predicted octanol–water partition coefficient (Wildman–Crippen LogP) is 1.08. The van der Waals surface area contributed by atoms with Crippen molar-refractivity contribution < 1.29 is 9.47 Å². The van der Waals surface area contributed by atoms with Crippen molar-refractivity contribution in [3.8, 4) is 0 Å². The monoisotopic (exact) mass is 314 g/mol. The lowest BCUT2D eigenvalue weighted by Crippen LogP contribution is -2.39. The molecule has 0 saturated carbocycles. The molecule has 130 valence electrons. The molecule has 6 heteroatoms. The highest BCUT2D eigenvalue weighted by Crippen LogP contribution is 1.99. The number of aliphatic imine (C=N–C) groups is 1. The molecule has 0 amide bonds. The molecule has 1 rings (SSSR count). The van der Waals surface area contributed by atoms with Gasteiger partial charge in [0.05, 0.1) is 13.2 Å². The van der Waals surface area contributed by atoms with Gasteiger partial charge in [0.15, 0.2) is 5.96 Å². The second-order valence-corrected chi connectivity index (χ2v) is 5.49. The Kier molecular flexibility index (Phi) is 12.0. The Morgan fingerprint density at radius 2 is 1.77 bits per heavy atom. The van der Waals surface area contributed by atoms with Crippen molar-refractivity contribution in [2.24, 2.45) is 4.99 Å². The molecule has 0 bridgehead atoms. The molecule has 1 heterocycles. The number of nitrogens with one attached hydrogen (secondary N) is 2. The van der Waals surface area contributed by atoms with Gasteiger partial charge in [-0.2, -0.15) is 0 Å². The molecule has 0 aromatic rings. The highest BCUT2D eigenvalue weighted by Gasteiger charge is 2.08. The van der Waals surface area contributed by atoms with Crippen LogP contribution in [0.4, 0.5) is 0 Å². The molecular formula is C16H34N4O2. The highest BCUT2D eigenvalue weighted by molar-refractivity contribution is 5.79. The van der Waals surface area contributed by atoms with Crippen LogP contribution in [-0.4, -0.2) is 77.1 Å². The predicted molar refractivity (Wildman–Crippen MR) is 91.6 cm³/mol. The van der Waals surface area contributed by atoms with Gasteiger partial charge in [-0.25, -0.2) is 0 Å². The van der Waals surface area contributed by atoms with Gasteiger partial charge in [-0.05, 0) is 39.2 Å². The first-order valence-electron chi connectivity index (χ1n) is 8.69. The number of guanidine groups is 1. The van der Waals surface area contributed by atoms with Gasteiger partial charge in [-0.15, -0.1) is 0 Å². The molecule has 2 N–H and O–H groups in total. The second-order valence-electron chi connectivity index (χ2n) is 5.49. The Morgan fingerprint density at radius 1 is 1.09 bits per heavy atom. The largest absolute Gasteiger partial charge is 0.382 e. The van der Waals surface area contributed by atoms with E-state index in [-0.39, 0.29) is 0 Å². The molecule has 22 heavy (non-hydrogen) atoms. The molecule has 0 unspecified atom stereocenters. The average Bonchev–Trinajstić information content (AvgIpc) is 2.56. The summed E-state index contributed by atoms with van der Waals surface area (Å²) in [4.78, 5) is 6.73. The fraction of sp³-hybridized carbons (Fsp3) is 0.938. The lowest BCUT2D eigenvalue weighted by Gasteiger charge is -2.26. The number of hydrogen-bond acceptors (Lipinski definition) is 4. The van der Waals surface area contributed by atoms with Crippen molar-refractivity contribution in [2.45, 2.75) is 32.6 Å². The third kappa shape index (κ3) is 9.97. The quantitative estimate of drug-likeness (QED) is 0.339. The van der Waals surface area contributed by atoms with E-state index in [0.29, 0.717) is 0 Å². The van der Waals surface area contributed by atoms with E-state index in [1.54, 1.807) is 0 Å². The molecule has 0 aromatic heterocycles. The standard InChI is InChI=1S/C16H34N4O2/c1-3-21-13-7-5-9-19-16(17-2)18-8-4-6-10-20-11-14-22-15-12-20/h3-15H2,1-2H3,(H2,17,18,19). The summed E-state index contributed by atoms with van der Waals surface area (Å²) in [6, 6.07) is 0. The molecule has 0 radical (unpaired) electrons. The number of hydrogen-bond donors (Lipinski definition) is 2. The first kappa shape index (κ1) is 19.2. The first-order valence-corrected chi connectivity index (χ1v) is 8.69. The van der Waals surface area contributed by atoms with E-state index in [2.05, 4.69) is 20.5 Å². The van der Waals surface area contributed by atoms with Crippen LogP contribution in [0.1, 0.15) is 32.6 Å². The average molecular weight is 314 g/mol. The fourth-order valence-corrected chi connectivity index (χ4v) is 2.39. The zero-order valence-electron chi connectivity index (χ0n) is 14.4. The van der Waals surface area contributed by atoms with Crippen LogP contribution in [0.15, 0.2) is 4.99 Å². The Hall–Kier alpha value is -0.850. The van der Waals surface area contributed by atoms with Crippen LogP contribution < -0.4 is 10.6 Å². The molecule has 6 nitrogen and oxygen atoms in total. The number of ether oxygens (including phenoxy) is 2. The SMILES string of the molecule is CCOCCCCNC(=NC)NCCCCN1CCOCC1. The van der Waals surface area contributed by atoms with Crippen LogP contribution in [-0.2, 0) is 9.47 Å². The molecule has 1 saturated heterocycles. The van der Waals surface area contributed by atoms with Gasteiger partial charge in [0.25, 0.3) is 0 Å². The smallest absolute Gasteiger partial charge is 0.190 e. The second kappa shape index (κ2) is 13.8. The minimum Gasteiger partial charge on any atom is -0.382 e. The van der Waals surface area contributed by atoms with Gasteiger partial charge in [0.2, 0.25) is 0 Å². The lowest BCUT2D eigenvalue weighted by molar-refractivity contribution is 0.0372. The molecule has 1 aliphatic heterocycles. The number of rotatable bonds is 11. The normalized spacial score (nSPS) is 16.7. The van der Waals surface area contributed by atoms with Gasteiger partial charge >= 0.3 is 0 Å². The van der Waals surface area contributed by atoms with Gasteiger partial charge in [0.1, 0.15) is 0 Å². The van der Waals surface area contributed by atoms with E-state index in [9.17, 15) is 0 Å². The van der Waals surface area contributed by atoms with Crippen LogP contribution in [0.2, 0.25) is 0 Å². The third-order valence-electron chi connectivity index (χ3n) is 3.73. The maximum Gasteiger partial charge on any atom is 0.190 e. The van der Waals surface area contributed by atoms with Crippen LogP contribution in [0.25, 0.3) is 0 Å². The van der Waals surface area contributed by atoms with Crippen molar-refractivity contribution in [3.05, 3.63) is 0 Å². The van der Waals surface area contributed by atoms with E-state index in [0.717, 1.165) is 71.4 Å². The summed E-state index contributed by atoms with van der Waals surface area (Å²) in [7, 11) is 1.82. The fourth-order valence-electron chi connectivity index (χ4n) is 2.39. The summed E-state index contributed by atoms with van der Waals surface area (Å²) in [5, 5.41) is 6.72. The Morgan fingerprint density at radius 3 is 2.41 bits per heavy atom. The van der Waals surface area contributed by atoms with Crippen LogP contribution in [0.5, 0.6) is 0 Å². The van der Waals surface area contributed by atoms with Crippen LogP contribution in [0.3, 0.4) is 0 Å². The zero-order chi connectivity index (χ0) is 15.9. The molecule has 0 aliphatic carbocycles. The van der Waals surface area contributed by atoms with Gasteiger partial charge in [-0.3, -0.25) is 9.89 Å². The highest BCUT2D eigenvalue weighted by atomic mass is 16.5. The van der Waals surface area contributed by atoms with Crippen molar-refractivity contribution in [2.75, 3.05) is 66.2 Å². The van der Waals surface area contributed by atoms with Crippen molar-refractivity contribution >= 4 is 5.96 Å². The summed E-state index contributed by atoms with van der Waals surface area (Å²) in [6.07, 6.45) is 4.59.